The second-order valence-electron chi connectivity index (χ2n) is 6.99. The molecule has 6 nitrogen and oxygen atoms in total. The number of nitrogens with zero attached hydrogens (tertiary/aromatic N) is 3. The van der Waals surface area contributed by atoms with Crippen LogP contribution in [0, 0.1) is 0 Å². The van der Waals surface area contributed by atoms with Crippen LogP contribution in [0.5, 0.6) is 5.75 Å². The Kier molecular flexibility index (Phi) is 6.43. The first-order chi connectivity index (χ1) is 14.5. The molecule has 0 bridgehead atoms. The maximum absolute atomic E-state index is 12.9. The van der Waals surface area contributed by atoms with Crippen LogP contribution in [0.3, 0.4) is 0 Å². The van der Waals surface area contributed by atoms with E-state index < -0.39 is 10.0 Å². The molecule has 1 fully saturated rings. The third kappa shape index (κ3) is 4.69. The number of thiazole rings is 1. The first-order valence-electron chi connectivity index (χ1n) is 9.54. The van der Waals surface area contributed by atoms with Crippen molar-refractivity contribution in [1.82, 2.24) is 9.29 Å². The Morgan fingerprint density at radius 1 is 1.10 bits per heavy atom. The predicted octanol–water partition coefficient (Wildman–Crippen LogP) is 4.02. The van der Waals surface area contributed by atoms with Crippen molar-refractivity contribution in [3.05, 3.63) is 69.6 Å². The highest BCUT2D eigenvalue weighted by molar-refractivity contribution is 9.10. The number of aromatic nitrogens is 1. The number of piperazine rings is 1. The molecule has 1 aliphatic rings. The van der Waals surface area contributed by atoms with Gasteiger partial charge in [0.15, 0.2) is 5.13 Å². The van der Waals surface area contributed by atoms with Gasteiger partial charge in [-0.3, -0.25) is 0 Å². The van der Waals surface area contributed by atoms with Crippen LogP contribution >= 0.6 is 27.3 Å². The molecular weight excluding hydrogens is 486 g/mol. The quantitative estimate of drug-likeness (QED) is 0.504. The lowest BCUT2D eigenvalue weighted by atomic mass is 10.1. The van der Waals surface area contributed by atoms with Crippen molar-refractivity contribution in [1.29, 1.82) is 0 Å². The lowest BCUT2D eigenvalue weighted by molar-refractivity contribution is 0.384. The highest BCUT2D eigenvalue weighted by Gasteiger charge is 2.29. The van der Waals surface area contributed by atoms with E-state index in [4.69, 9.17) is 9.72 Å². The van der Waals surface area contributed by atoms with Crippen molar-refractivity contribution >= 4 is 42.4 Å². The van der Waals surface area contributed by atoms with Gasteiger partial charge in [0, 0.05) is 42.5 Å². The summed E-state index contributed by atoms with van der Waals surface area (Å²) in [6.07, 6.45) is 0.742. The van der Waals surface area contributed by atoms with Crippen LogP contribution < -0.4 is 9.64 Å². The summed E-state index contributed by atoms with van der Waals surface area (Å²) < 4.78 is 33.4. The van der Waals surface area contributed by atoms with E-state index in [0.29, 0.717) is 31.1 Å². The number of benzene rings is 2. The zero-order chi connectivity index (χ0) is 21.1. The maximum atomic E-state index is 12.9. The molecule has 0 atom stereocenters. The Morgan fingerprint density at radius 3 is 2.53 bits per heavy atom. The molecule has 9 heteroatoms. The van der Waals surface area contributed by atoms with E-state index in [-0.39, 0.29) is 0 Å². The van der Waals surface area contributed by atoms with Crippen LogP contribution in [0.2, 0.25) is 0 Å². The number of halogens is 1. The summed E-state index contributed by atoms with van der Waals surface area (Å²) >= 11 is 4.95. The van der Waals surface area contributed by atoms with E-state index in [0.717, 1.165) is 33.0 Å². The topological polar surface area (TPSA) is 62.7 Å². The molecule has 2 aromatic carbocycles. The fourth-order valence-corrected chi connectivity index (χ4v) is 5.96. The molecule has 2 heterocycles. The average Bonchev–Trinajstić information content (AvgIpc) is 3.23. The van der Waals surface area contributed by atoms with Gasteiger partial charge in [-0.2, -0.15) is 4.31 Å². The average molecular weight is 508 g/mol. The van der Waals surface area contributed by atoms with Crippen molar-refractivity contribution in [2.75, 3.05) is 38.2 Å². The predicted molar refractivity (Wildman–Crippen MR) is 123 cm³/mol. The molecule has 0 radical (unpaired) electrons. The van der Waals surface area contributed by atoms with Crippen molar-refractivity contribution in [2.45, 2.75) is 11.3 Å². The van der Waals surface area contributed by atoms with Gasteiger partial charge in [-0.25, -0.2) is 13.4 Å². The molecule has 0 aliphatic carbocycles. The molecule has 158 valence electrons. The van der Waals surface area contributed by atoms with Gasteiger partial charge >= 0.3 is 0 Å². The Morgan fingerprint density at radius 2 is 1.83 bits per heavy atom. The normalized spacial score (nSPS) is 15.3. The van der Waals surface area contributed by atoms with E-state index in [2.05, 4.69) is 32.3 Å². The monoisotopic (exact) mass is 507 g/mol. The molecule has 3 aromatic rings. The SMILES string of the molecule is COc1cccc(Cc2csc(N3CCN(S(=O)(=O)c4ccc(Br)cc4)CC3)n2)c1. The van der Waals surface area contributed by atoms with Crippen LogP contribution in [0.4, 0.5) is 5.13 Å². The Hall–Kier alpha value is -1.94. The van der Waals surface area contributed by atoms with Gasteiger partial charge in [-0.15, -0.1) is 11.3 Å². The van der Waals surface area contributed by atoms with E-state index in [1.54, 1.807) is 47.0 Å². The van der Waals surface area contributed by atoms with Gasteiger partial charge < -0.3 is 9.64 Å². The standard InChI is InChI=1S/C21H22BrN3O3S2/c1-28-19-4-2-3-16(14-19)13-18-15-29-21(23-18)24-9-11-25(12-10-24)30(26,27)20-7-5-17(22)6-8-20/h2-8,14-15H,9-13H2,1H3. The van der Waals surface area contributed by atoms with E-state index in [1.165, 1.54) is 0 Å². The number of hydrogen-bond acceptors (Lipinski definition) is 6. The summed E-state index contributed by atoms with van der Waals surface area (Å²) in [6.45, 7) is 2.15. The first kappa shape index (κ1) is 21.3. The lowest BCUT2D eigenvalue weighted by Crippen LogP contribution is -2.48. The number of sulfonamides is 1. The molecule has 1 aromatic heterocycles. The molecule has 0 N–H and O–H groups in total. The van der Waals surface area contributed by atoms with E-state index in [1.807, 2.05) is 18.2 Å². The molecular formula is C21H22BrN3O3S2. The highest BCUT2D eigenvalue weighted by Crippen LogP contribution is 2.26. The van der Waals surface area contributed by atoms with Crippen molar-refractivity contribution in [3.8, 4) is 5.75 Å². The smallest absolute Gasteiger partial charge is 0.243 e. The summed E-state index contributed by atoms with van der Waals surface area (Å²) in [5, 5.41) is 3.01. The second kappa shape index (κ2) is 9.05. The van der Waals surface area contributed by atoms with Crippen LogP contribution in [-0.4, -0.2) is 51.0 Å². The number of hydrogen-bond donors (Lipinski definition) is 0. The molecule has 0 amide bonds. The van der Waals surface area contributed by atoms with Gasteiger partial charge in [0.25, 0.3) is 0 Å². The highest BCUT2D eigenvalue weighted by atomic mass is 79.9. The number of anilines is 1. The summed E-state index contributed by atoms with van der Waals surface area (Å²) in [5.74, 6) is 0.839. The fraction of sp³-hybridized carbons (Fsp3) is 0.286. The lowest BCUT2D eigenvalue weighted by Gasteiger charge is -2.33. The first-order valence-corrected chi connectivity index (χ1v) is 12.6. The zero-order valence-corrected chi connectivity index (χ0v) is 19.7. The summed E-state index contributed by atoms with van der Waals surface area (Å²) in [7, 11) is -1.81. The van der Waals surface area contributed by atoms with Gasteiger partial charge in [-0.1, -0.05) is 28.1 Å². The van der Waals surface area contributed by atoms with Gasteiger partial charge in [0.2, 0.25) is 10.0 Å². The number of methoxy groups -OCH3 is 1. The minimum absolute atomic E-state index is 0.328. The third-order valence-electron chi connectivity index (χ3n) is 5.02. The summed E-state index contributed by atoms with van der Waals surface area (Å²) in [5.41, 5.74) is 2.16. The van der Waals surface area contributed by atoms with Gasteiger partial charge in [0.1, 0.15) is 5.75 Å². The largest absolute Gasteiger partial charge is 0.497 e. The van der Waals surface area contributed by atoms with Crippen molar-refractivity contribution < 1.29 is 13.2 Å². The van der Waals surface area contributed by atoms with Crippen molar-refractivity contribution in [2.24, 2.45) is 0 Å². The Labute approximate surface area is 189 Å². The van der Waals surface area contributed by atoms with Crippen LogP contribution in [0.25, 0.3) is 0 Å². The number of ether oxygens (including phenoxy) is 1. The molecule has 0 unspecified atom stereocenters. The summed E-state index contributed by atoms with van der Waals surface area (Å²) in [6, 6.07) is 14.8. The number of rotatable bonds is 6. The van der Waals surface area contributed by atoms with E-state index >= 15 is 0 Å². The molecule has 30 heavy (non-hydrogen) atoms. The molecule has 1 aliphatic heterocycles. The Balaban J connectivity index is 1.39. The zero-order valence-electron chi connectivity index (χ0n) is 16.5. The second-order valence-corrected chi connectivity index (χ2v) is 10.7. The Bertz CT molecular complexity index is 1110. The molecule has 0 spiro atoms. The van der Waals surface area contributed by atoms with Crippen LogP contribution in [0.15, 0.2) is 63.3 Å². The van der Waals surface area contributed by atoms with Crippen molar-refractivity contribution in [3.63, 3.8) is 0 Å². The van der Waals surface area contributed by atoms with Crippen LogP contribution in [-0.2, 0) is 16.4 Å². The minimum Gasteiger partial charge on any atom is -0.497 e. The molecule has 0 saturated carbocycles. The maximum Gasteiger partial charge on any atom is 0.243 e. The summed E-state index contributed by atoms with van der Waals surface area (Å²) in [4.78, 5) is 7.26. The van der Waals surface area contributed by atoms with Crippen LogP contribution in [0.1, 0.15) is 11.3 Å². The van der Waals surface area contributed by atoms with E-state index in [9.17, 15) is 8.42 Å². The third-order valence-corrected chi connectivity index (χ3v) is 8.41. The van der Waals surface area contributed by atoms with Gasteiger partial charge in [0.05, 0.1) is 17.7 Å². The fourth-order valence-electron chi connectivity index (χ4n) is 3.39. The van der Waals surface area contributed by atoms with Gasteiger partial charge in [-0.05, 0) is 42.0 Å². The molecule has 4 rings (SSSR count). The molecule has 1 saturated heterocycles. The minimum atomic E-state index is -3.47.